The van der Waals surface area contributed by atoms with Crippen molar-refractivity contribution in [2.75, 3.05) is 18.1 Å². The first-order chi connectivity index (χ1) is 13.7. The molecule has 1 aromatic heterocycles. The number of anilines is 1. The number of β-lactam (4-membered cyclic amide) rings is 1. The molecule has 0 saturated carbocycles. The van der Waals surface area contributed by atoms with Crippen molar-refractivity contribution in [3.63, 3.8) is 0 Å². The van der Waals surface area contributed by atoms with Crippen LogP contribution in [0.15, 0.2) is 23.0 Å². The van der Waals surface area contributed by atoms with Crippen LogP contribution in [-0.2, 0) is 23.9 Å². The maximum Gasteiger partial charge on any atom is 1.00 e. The number of carboxylic acids is 1. The molecule has 2 aliphatic heterocycles. The molecule has 2 atom stereocenters. The molecule has 0 bridgehead atoms. The topological polar surface area (TPSA) is 155 Å². The molecule has 1 aromatic rings. The first-order valence-corrected chi connectivity index (χ1v) is 10.4. The van der Waals surface area contributed by atoms with E-state index in [-0.39, 0.29) is 63.9 Å². The van der Waals surface area contributed by atoms with Crippen molar-refractivity contribution in [3.8, 4) is 0 Å². The summed E-state index contributed by atoms with van der Waals surface area (Å²) in [5.74, 6) is -3.18. The standard InChI is InChI=1S/C16H15ClN4O6S2.Na/c1-6(22)27-4-7-5-28-14-10(13(24)21(14)11(7)15(25)26)20-12(23)8(2-17)9-3-19-16(18)29-9;/h2-3,10,14H,4-5H2,1H3,(H2,18,19)(H,20,23)(H,25,26);/q;+1/p-1/t10-,14-;/m1./s1. The first-order valence-electron chi connectivity index (χ1n) is 8.09. The summed E-state index contributed by atoms with van der Waals surface area (Å²) in [6.45, 7) is 0.933. The van der Waals surface area contributed by atoms with E-state index in [1.165, 1.54) is 24.9 Å². The van der Waals surface area contributed by atoms with E-state index < -0.39 is 35.2 Å². The van der Waals surface area contributed by atoms with Crippen molar-refractivity contribution >= 4 is 69.2 Å². The number of thiazole rings is 1. The summed E-state index contributed by atoms with van der Waals surface area (Å²) >= 11 is 8.04. The number of ether oxygens (including phenoxy) is 1. The molecule has 0 spiro atoms. The number of fused-ring (bicyclic) bond motifs is 1. The molecule has 2 aliphatic rings. The van der Waals surface area contributed by atoms with Gasteiger partial charge in [-0.15, -0.1) is 11.8 Å². The zero-order chi connectivity index (χ0) is 21.3. The van der Waals surface area contributed by atoms with E-state index in [0.29, 0.717) is 4.88 Å². The number of amides is 2. The smallest absolute Gasteiger partial charge is 0.543 e. The summed E-state index contributed by atoms with van der Waals surface area (Å²) in [6.07, 6.45) is 1.39. The van der Waals surface area contributed by atoms with Crippen LogP contribution in [0.2, 0.25) is 0 Å². The Morgan fingerprint density at radius 2 is 2.20 bits per heavy atom. The molecule has 2 amide bonds. The van der Waals surface area contributed by atoms with Gasteiger partial charge in [0.15, 0.2) is 5.13 Å². The van der Waals surface area contributed by atoms with E-state index in [9.17, 15) is 24.3 Å². The third kappa shape index (κ3) is 4.84. The number of nitrogen functional groups attached to an aromatic ring is 1. The molecule has 0 aliphatic carbocycles. The number of hydrogen-bond donors (Lipinski definition) is 2. The molecule has 3 rings (SSSR count). The van der Waals surface area contributed by atoms with Gasteiger partial charge in [0.25, 0.3) is 11.8 Å². The molecule has 0 aromatic carbocycles. The molecule has 3 N–H and O–H groups in total. The number of esters is 1. The molecule has 3 heterocycles. The second kappa shape index (κ2) is 10.2. The number of rotatable bonds is 6. The maximum absolute atomic E-state index is 12.6. The SMILES string of the molecule is CC(=O)OCC1=C(C(=O)[O-])N2C(=O)[C@@H](NC(=O)C(=CCl)c3cnc(N)s3)[C@H]2SC1.[Na+]. The second-order valence-corrected chi connectivity index (χ2v) is 8.35. The van der Waals surface area contributed by atoms with E-state index in [1.807, 2.05) is 0 Å². The van der Waals surface area contributed by atoms with Gasteiger partial charge in [0.2, 0.25) is 0 Å². The summed E-state index contributed by atoms with van der Waals surface area (Å²) in [4.78, 5) is 53.0. The van der Waals surface area contributed by atoms with E-state index >= 15 is 0 Å². The van der Waals surface area contributed by atoms with Gasteiger partial charge in [-0.05, 0) is 0 Å². The van der Waals surface area contributed by atoms with E-state index in [4.69, 9.17) is 22.1 Å². The average molecular weight is 481 g/mol. The fraction of sp³-hybridized carbons (Fsp3) is 0.312. The van der Waals surface area contributed by atoms with Gasteiger partial charge in [0, 0.05) is 30.0 Å². The third-order valence-corrected chi connectivity index (χ3v) is 6.54. The van der Waals surface area contributed by atoms with Gasteiger partial charge in [-0.3, -0.25) is 19.3 Å². The maximum atomic E-state index is 12.6. The monoisotopic (exact) mass is 480 g/mol. The van der Waals surface area contributed by atoms with E-state index in [1.54, 1.807) is 0 Å². The Kier molecular flexibility index (Phi) is 8.36. The molecule has 14 heteroatoms. The molecule has 0 radical (unpaired) electrons. The fourth-order valence-corrected chi connectivity index (χ4v) is 5.12. The minimum atomic E-state index is -1.56. The summed E-state index contributed by atoms with van der Waals surface area (Å²) < 4.78 is 4.85. The quantitative estimate of drug-likeness (QED) is 0.181. The van der Waals surface area contributed by atoms with Crippen molar-refractivity contribution in [3.05, 3.63) is 27.9 Å². The van der Waals surface area contributed by atoms with Gasteiger partial charge < -0.3 is 25.7 Å². The van der Waals surface area contributed by atoms with Crippen LogP contribution in [0.5, 0.6) is 0 Å². The number of aliphatic carboxylic acids is 1. The van der Waals surface area contributed by atoms with Crippen molar-refractivity contribution < 1.29 is 58.6 Å². The van der Waals surface area contributed by atoms with Crippen LogP contribution in [0, 0.1) is 0 Å². The van der Waals surface area contributed by atoms with Crippen LogP contribution in [0.1, 0.15) is 11.8 Å². The number of carboxylic acid groups (broad SMARTS) is 1. The van der Waals surface area contributed by atoms with Gasteiger partial charge in [0.1, 0.15) is 18.0 Å². The van der Waals surface area contributed by atoms with Gasteiger partial charge in [0.05, 0.1) is 22.1 Å². The summed E-state index contributed by atoms with van der Waals surface area (Å²) in [6, 6.07) is -0.950. The van der Waals surface area contributed by atoms with Crippen LogP contribution in [0.4, 0.5) is 5.13 Å². The number of carbonyl (C=O) groups is 4. The molecule has 1 fully saturated rings. The molecule has 0 unspecified atom stereocenters. The van der Waals surface area contributed by atoms with Crippen molar-refractivity contribution in [1.29, 1.82) is 0 Å². The van der Waals surface area contributed by atoms with Gasteiger partial charge in [-0.1, -0.05) is 22.9 Å². The summed E-state index contributed by atoms with van der Waals surface area (Å²) in [5, 5.41) is 13.7. The third-order valence-electron chi connectivity index (χ3n) is 4.12. The van der Waals surface area contributed by atoms with Crippen LogP contribution >= 0.6 is 34.7 Å². The Labute approximate surface area is 206 Å². The van der Waals surface area contributed by atoms with Crippen LogP contribution < -0.4 is 45.7 Å². The number of nitrogens with zero attached hydrogens (tertiary/aromatic N) is 2. The molecular formula is C16H14ClN4NaO6S2. The molecule has 10 nitrogen and oxygen atoms in total. The average Bonchev–Trinajstić information content (AvgIpc) is 3.09. The van der Waals surface area contributed by atoms with Crippen molar-refractivity contribution in [1.82, 2.24) is 15.2 Å². The summed E-state index contributed by atoms with van der Waals surface area (Å²) in [7, 11) is 0. The van der Waals surface area contributed by atoms with E-state index in [2.05, 4.69) is 10.3 Å². The minimum absolute atomic E-state index is 0. The number of carbonyl (C=O) groups excluding carboxylic acids is 4. The van der Waals surface area contributed by atoms with Gasteiger partial charge in [-0.25, -0.2) is 4.98 Å². The Morgan fingerprint density at radius 3 is 2.73 bits per heavy atom. The number of thioether (sulfide) groups is 1. The number of aromatic nitrogens is 1. The Balaban J connectivity index is 0.00000320. The minimum Gasteiger partial charge on any atom is -0.543 e. The Morgan fingerprint density at radius 1 is 1.50 bits per heavy atom. The number of halogens is 1. The Hall–Kier alpha value is -1.57. The number of hydrogen-bond acceptors (Lipinski definition) is 10. The predicted molar refractivity (Wildman–Crippen MR) is 104 cm³/mol. The largest absolute Gasteiger partial charge is 1.00 e. The van der Waals surface area contributed by atoms with Crippen molar-refractivity contribution in [2.24, 2.45) is 0 Å². The molecule has 154 valence electrons. The van der Waals surface area contributed by atoms with Crippen LogP contribution in [-0.4, -0.2) is 57.4 Å². The summed E-state index contributed by atoms with van der Waals surface area (Å²) in [5.41, 5.74) is 6.61. The first kappa shape index (κ1) is 24.7. The fourth-order valence-electron chi connectivity index (χ4n) is 2.82. The second-order valence-electron chi connectivity index (χ2n) is 5.97. The zero-order valence-corrected chi connectivity index (χ0v) is 20.2. The number of nitrogens with one attached hydrogen (secondary N) is 1. The van der Waals surface area contributed by atoms with Gasteiger partial charge in [-0.2, -0.15) is 0 Å². The predicted octanol–water partition coefficient (Wildman–Crippen LogP) is -3.72. The van der Waals surface area contributed by atoms with Crippen molar-refractivity contribution in [2.45, 2.75) is 18.3 Å². The van der Waals surface area contributed by atoms with Crippen LogP contribution in [0.3, 0.4) is 0 Å². The van der Waals surface area contributed by atoms with Crippen LogP contribution in [0.25, 0.3) is 5.57 Å². The molecule has 1 saturated heterocycles. The van der Waals surface area contributed by atoms with Gasteiger partial charge >= 0.3 is 35.5 Å². The van der Waals surface area contributed by atoms with E-state index in [0.717, 1.165) is 21.8 Å². The molecular weight excluding hydrogens is 467 g/mol. The Bertz CT molecular complexity index is 965. The number of nitrogens with two attached hydrogens (primary N) is 1. The zero-order valence-electron chi connectivity index (χ0n) is 15.8. The normalized spacial score (nSPS) is 20.7. The molecule has 30 heavy (non-hydrogen) atoms.